The normalized spacial score (nSPS) is 12.8. The molecule has 0 amide bonds. The molecule has 0 spiro atoms. The van der Waals surface area contributed by atoms with Gasteiger partial charge >= 0.3 is 0 Å². The van der Waals surface area contributed by atoms with Crippen LogP contribution in [0.15, 0.2) is 66.7 Å². The number of benzene rings is 3. The standard InChI is InChI=1S/C21H20BN/c1-15-9-11-20-18(13-15)22(3)19-14-16(2)10-12-21(19)23(20)17-7-5-4-6-8-17/h4-14H,1-3H3. The lowest BCUT2D eigenvalue weighted by atomic mass is 9.40. The van der Waals surface area contributed by atoms with Gasteiger partial charge in [-0.1, -0.05) is 71.3 Å². The van der Waals surface area contributed by atoms with Gasteiger partial charge in [-0.15, -0.1) is 0 Å². The molecule has 2 heteroatoms. The van der Waals surface area contributed by atoms with Crippen LogP contribution in [0.5, 0.6) is 0 Å². The molecule has 0 unspecified atom stereocenters. The van der Waals surface area contributed by atoms with Crippen molar-refractivity contribution in [3.63, 3.8) is 0 Å². The highest BCUT2D eigenvalue weighted by molar-refractivity contribution is 6.87. The van der Waals surface area contributed by atoms with Crippen LogP contribution in [0.1, 0.15) is 11.1 Å². The molecule has 4 rings (SSSR count). The van der Waals surface area contributed by atoms with Crippen LogP contribution in [0.3, 0.4) is 0 Å². The maximum Gasteiger partial charge on any atom is 0.211 e. The summed E-state index contributed by atoms with van der Waals surface area (Å²) in [4.78, 5) is 2.39. The van der Waals surface area contributed by atoms with Gasteiger partial charge in [0.05, 0.1) is 0 Å². The van der Waals surface area contributed by atoms with E-state index in [1.54, 1.807) is 0 Å². The average Bonchev–Trinajstić information content (AvgIpc) is 2.57. The van der Waals surface area contributed by atoms with Crippen LogP contribution in [0, 0.1) is 13.8 Å². The highest BCUT2D eigenvalue weighted by Gasteiger charge is 2.30. The Morgan fingerprint density at radius 2 is 1.22 bits per heavy atom. The molecule has 23 heavy (non-hydrogen) atoms. The minimum atomic E-state index is 0.416. The van der Waals surface area contributed by atoms with Crippen LogP contribution >= 0.6 is 0 Å². The van der Waals surface area contributed by atoms with Crippen LogP contribution in [0.4, 0.5) is 17.1 Å². The molecule has 0 bridgehead atoms. The van der Waals surface area contributed by atoms with Crippen LogP contribution < -0.4 is 15.8 Å². The number of nitrogens with zero attached hydrogens (tertiary/aromatic N) is 1. The highest BCUT2D eigenvalue weighted by atomic mass is 15.1. The van der Waals surface area contributed by atoms with Crippen molar-refractivity contribution < 1.29 is 0 Å². The van der Waals surface area contributed by atoms with Crippen molar-refractivity contribution in [2.24, 2.45) is 0 Å². The first-order valence-corrected chi connectivity index (χ1v) is 8.21. The monoisotopic (exact) mass is 297 g/mol. The summed E-state index contributed by atoms with van der Waals surface area (Å²) in [5, 5.41) is 0. The lowest BCUT2D eigenvalue weighted by Gasteiger charge is -2.36. The van der Waals surface area contributed by atoms with Crippen molar-refractivity contribution in [3.8, 4) is 0 Å². The lowest BCUT2D eigenvalue weighted by molar-refractivity contribution is 1.28. The van der Waals surface area contributed by atoms with E-state index in [4.69, 9.17) is 0 Å². The van der Waals surface area contributed by atoms with E-state index in [-0.39, 0.29) is 0 Å². The molecular weight excluding hydrogens is 277 g/mol. The van der Waals surface area contributed by atoms with Gasteiger partial charge in [0.25, 0.3) is 0 Å². The smallest absolute Gasteiger partial charge is 0.211 e. The van der Waals surface area contributed by atoms with E-state index in [9.17, 15) is 0 Å². The Kier molecular flexibility index (Phi) is 3.26. The van der Waals surface area contributed by atoms with Crippen LogP contribution in [0.2, 0.25) is 6.82 Å². The number of rotatable bonds is 1. The maximum absolute atomic E-state index is 2.39. The molecule has 1 heterocycles. The number of hydrogen-bond acceptors (Lipinski definition) is 1. The maximum atomic E-state index is 2.39. The van der Waals surface area contributed by atoms with Gasteiger partial charge in [0.15, 0.2) is 0 Å². The van der Waals surface area contributed by atoms with Gasteiger partial charge in [0.2, 0.25) is 6.71 Å². The largest absolute Gasteiger partial charge is 0.312 e. The molecule has 1 nitrogen and oxygen atoms in total. The first kappa shape index (κ1) is 14.1. The third-order valence-corrected chi connectivity index (χ3v) is 4.80. The Labute approximate surface area is 138 Å². The quantitative estimate of drug-likeness (QED) is 0.604. The van der Waals surface area contributed by atoms with Crippen molar-refractivity contribution in [2.75, 3.05) is 4.90 Å². The molecule has 0 aliphatic carbocycles. The van der Waals surface area contributed by atoms with E-state index in [0.29, 0.717) is 6.71 Å². The zero-order valence-corrected chi connectivity index (χ0v) is 13.9. The third-order valence-electron chi connectivity index (χ3n) is 4.80. The molecule has 0 N–H and O–H groups in total. The molecule has 0 aromatic heterocycles. The van der Waals surface area contributed by atoms with Gasteiger partial charge in [-0.25, -0.2) is 0 Å². The van der Waals surface area contributed by atoms with Crippen LogP contribution in [-0.4, -0.2) is 6.71 Å². The summed E-state index contributed by atoms with van der Waals surface area (Å²) in [6, 6.07) is 24.3. The summed E-state index contributed by atoms with van der Waals surface area (Å²) in [5.41, 5.74) is 9.27. The molecule has 0 saturated carbocycles. The highest BCUT2D eigenvalue weighted by Crippen LogP contribution is 2.35. The van der Waals surface area contributed by atoms with Crippen molar-refractivity contribution in [1.29, 1.82) is 0 Å². The number of aryl methyl sites for hydroxylation is 2. The molecule has 0 radical (unpaired) electrons. The predicted molar refractivity (Wildman–Crippen MR) is 101 cm³/mol. The first-order chi connectivity index (χ1) is 11.1. The SMILES string of the molecule is CB1c2cc(C)ccc2N(c2ccccc2)c2ccc(C)cc21. The van der Waals surface area contributed by atoms with Crippen LogP contribution in [-0.2, 0) is 0 Å². The Hall–Kier alpha value is -2.48. The van der Waals surface area contributed by atoms with E-state index in [1.165, 1.54) is 39.1 Å². The molecule has 3 aromatic rings. The summed E-state index contributed by atoms with van der Waals surface area (Å²) in [6.45, 7) is 7.08. The molecule has 0 atom stereocenters. The summed E-state index contributed by atoms with van der Waals surface area (Å²) in [6.07, 6.45) is 0. The molecule has 0 fully saturated rings. The third kappa shape index (κ3) is 2.26. The predicted octanol–water partition coefficient (Wildman–Crippen LogP) is 4.33. The zero-order valence-electron chi connectivity index (χ0n) is 13.9. The molecule has 1 aliphatic heterocycles. The molecule has 3 aromatic carbocycles. The van der Waals surface area contributed by atoms with Crippen molar-refractivity contribution in [3.05, 3.63) is 77.9 Å². The summed E-state index contributed by atoms with van der Waals surface area (Å²) >= 11 is 0. The van der Waals surface area contributed by atoms with Crippen LogP contribution in [0.25, 0.3) is 0 Å². The van der Waals surface area contributed by atoms with E-state index in [2.05, 4.69) is 92.3 Å². The van der Waals surface area contributed by atoms with Gasteiger partial charge in [-0.3, -0.25) is 0 Å². The number of para-hydroxylation sites is 1. The Balaban J connectivity index is 2.01. The number of anilines is 3. The molecule has 1 aliphatic rings. The molecular formula is C21H20BN. The Bertz CT molecular complexity index is 817. The van der Waals surface area contributed by atoms with Crippen molar-refractivity contribution in [1.82, 2.24) is 0 Å². The average molecular weight is 297 g/mol. The Morgan fingerprint density at radius 3 is 1.74 bits per heavy atom. The van der Waals surface area contributed by atoms with Crippen molar-refractivity contribution >= 4 is 34.7 Å². The topological polar surface area (TPSA) is 3.24 Å². The second-order valence-electron chi connectivity index (χ2n) is 6.52. The van der Waals surface area contributed by atoms with Gasteiger partial charge in [-0.2, -0.15) is 0 Å². The second kappa shape index (κ2) is 5.31. The van der Waals surface area contributed by atoms with Gasteiger partial charge in [0.1, 0.15) is 0 Å². The number of hydrogen-bond donors (Lipinski definition) is 0. The van der Waals surface area contributed by atoms with Gasteiger partial charge in [-0.05, 0) is 38.1 Å². The van der Waals surface area contributed by atoms with Gasteiger partial charge in [0, 0.05) is 17.1 Å². The summed E-state index contributed by atoms with van der Waals surface area (Å²) in [5.74, 6) is 0. The van der Waals surface area contributed by atoms with Crippen molar-refractivity contribution in [2.45, 2.75) is 20.7 Å². The fourth-order valence-electron chi connectivity index (χ4n) is 3.60. The fraction of sp³-hybridized carbons (Fsp3) is 0.143. The first-order valence-electron chi connectivity index (χ1n) is 8.21. The fourth-order valence-corrected chi connectivity index (χ4v) is 3.60. The van der Waals surface area contributed by atoms with Gasteiger partial charge < -0.3 is 4.90 Å². The summed E-state index contributed by atoms with van der Waals surface area (Å²) in [7, 11) is 0. The molecule has 112 valence electrons. The zero-order chi connectivity index (χ0) is 16.0. The summed E-state index contributed by atoms with van der Waals surface area (Å²) < 4.78 is 0. The van der Waals surface area contributed by atoms with E-state index < -0.39 is 0 Å². The Morgan fingerprint density at radius 1 is 0.696 bits per heavy atom. The van der Waals surface area contributed by atoms with E-state index in [0.717, 1.165) is 0 Å². The number of fused-ring (bicyclic) bond motifs is 2. The lowest BCUT2D eigenvalue weighted by Crippen LogP contribution is -2.48. The van der Waals surface area contributed by atoms with E-state index in [1.807, 2.05) is 0 Å². The minimum absolute atomic E-state index is 0.416. The van der Waals surface area contributed by atoms with E-state index >= 15 is 0 Å². The second-order valence-corrected chi connectivity index (χ2v) is 6.52. The molecule has 0 saturated heterocycles. The minimum Gasteiger partial charge on any atom is -0.312 e.